The summed E-state index contributed by atoms with van der Waals surface area (Å²) in [6.45, 7) is 6.11. The summed E-state index contributed by atoms with van der Waals surface area (Å²) in [5, 5.41) is 0.437. The van der Waals surface area contributed by atoms with Crippen molar-refractivity contribution in [1.29, 1.82) is 0 Å². The summed E-state index contributed by atoms with van der Waals surface area (Å²) in [5.41, 5.74) is 1.31. The molecule has 1 aromatic heterocycles. The monoisotopic (exact) mass is 452 g/mol. The van der Waals surface area contributed by atoms with Crippen LogP contribution in [0.15, 0.2) is 64.0 Å². The molecule has 6 nitrogen and oxygen atoms in total. The second kappa shape index (κ2) is 10.9. The van der Waals surface area contributed by atoms with Crippen molar-refractivity contribution in [2.75, 3.05) is 13.1 Å². The Balaban J connectivity index is 1.88. The fraction of sp³-hybridized carbons (Fsp3) is 0.346. The van der Waals surface area contributed by atoms with Gasteiger partial charge in [-0.3, -0.25) is 14.4 Å². The zero-order valence-corrected chi connectivity index (χ0v) is 19.2. The van der Waals surface area contributed by atoms with E-state index in [0.29, 0.717) is 34.6 Å². The number of benzene rings is 2. The van der Waals surface area contributed by atoms with Gasteiger partial charge in [-0.05, 0) is 42.2 Å². The van der Waals surface area contributed by atoms with Crippen molar-refractivity contribution < 1.29 is 18.4 Å². The lowest BCUT2D eigenvalue weighted by atomic mass is 10.1. The maximum atomic E-state index is 13.4. The third kappa shape index (κ3) is 6.51. The summed E-state index contributed by atoms with van der Waals surface area (Å²) in [6, 6.07) is 12.8. The summed E-state index contributed by atoms with van der Waals surface area (Å²) in [5.74, 6) is -0.468. The molecule has 0 saturated carbocycles. The Morgan fingerprint density at radius 1 is 1.00 bits per heavy atom. The topological polar surface area (TPSA) is 70.8 Å². The summed E-state index contributed by atoms with van der Waals surface area (Å²) in [4.78, 5) is 41.4. The van der Waals surface area contributed by atoms with Crippen LogP contribution in [-0.4, -0.2) is 34.7 Å². The molecule has 0 N–H and O–H groups in total. The van der Waals surface area contributed by atoms with Gasteiger partial charge in [0.15, 0.2) is 5.43 Å². The number of hydrogen-bond donors (Lipinski definition) is 0. The molecule has 0 aliphatic carbocycles. The second-order valence-corrected chi connectivity index (χ2v) is 8.59. The molecule has 0 bridgehead atoms. The molecule has 0 saturated heterocycles. The van der Waals surface area contributed by atoms with Crippen molar-refractivity contribution in [3.63, 3.8) is 0 Å². The zero-order chi connectivity index (χ0) is 24.0. The average Bonchev–Trinajstić information content (AvgIpc) is 2.79. The van der Waals surface area contributed by atoms with Crippen LogP contribution in [-0.2, 0) is 22.7 Å². The largest absolute Gasteiger partial charge is 0.464 e. The standard InChI is InChI=1S/C26H29FN2O4/c1-18(2)12-13-28(19(3)30)16-25(31)29(14-20-8-10-22(27)11-9-20)15-21-17-33-24-7-5-4-6-23(24)26(21)32/h4-11,17-18H,12-16H2,1-3H3. The van der Waals surface area contributed by atoms with E-state index in [4.69, 9.17) is 4.42 Å². The second-order valence-electron chi connectivity index (χ2n) is 8.59. The van der Waals surface area contributed by atoms with E-state index in [0.717, 1.165) is 6.42 Å². The number of nitrogens with zero attached hydrogens (tertiary/aromatic N) is 2. The molecule has 2 amide bonds. The van der Waals surface area contributed by atoms with Crippen molar-refractivity contribution >= 4 is 22.8 Å². The van der Waals surface area contributed by atoms with E-state index in [9.17, 15) is 18.8 Å². The van der Waals surface area contributed by atoms with E-state index >= 15 is 0 Å². The van der Waals surface area contributed by atoms with Crippen LogP contribution in [0, 0.1) is 11.7 Å². The lowest BCUT2D eigenvalue weighted by molar-refractivity contribution is -0.140. The van der Waals surface area contributed by atoms with Gasteiger partial charge in [-0.1, -0.05) is 38.1 Å². The third-order valence-corrected chi connectivity index (χ3v) is 5.50. The normalized spacial score (nSPS) is 11.1. The Kier molecular flexibility index (Phi) is 7.98. The number of fused-ring (bicyclic) bond motifs is 1. The quantitative estimate of drug-likeness (QED) is 0.484. The molecule has 0 aliphatic rings. The highest BCUT2D eigenvalue weighted by Crippen LogP contribution is 2.15. The predicted octanol–water partition coefficient (Wildman–Crippen LogP) is 4.36. The van der Waals surface area contributed by atoms with E-state index < -0.39 is 0 Å². The number of rotatable bonds is 9. The van der Waals surface area contributed by atoms with Gasteiger partial charge < -0.3 is 14.2 Å². The van der Waals surface area contributed by atoms with Crippen LogP contribution < -0.4 is 5.43 Å². The number of carbonyl (C=O) groups excluding carboxylic acids is 2. The van der Waals surface area contributed by atoms with Crippen LogP contribution in [0.25, 0.3) is 11.0 Å². The molecule has 0 aliphatic heterocycles. The van der Waals surface area contributed by atoms with Gasteiger partial charge in [0.2, 0.25) is 11.8 Å². The van der Waals surface area contributed by atoms with Crippen molar-refractivity contribution in [2.24, 2.45) is 5.92 Å². The summed E-state index contributed by atoms with van der Waals surface area (Å²) >= 11 is 0. The van der Waals surface area contributed by atoms with Gasteiger partial charge in [0.05, 0.1) is 30.3 Å². The highest BCUT2D eigenvalue weighted by molar-refractivity contribution is 5.84. The molecule has 0 spiro atoms. The molecular weight excluding hydrogens is 423 g/mol. The number of para-hydroxylation sites is 1. The minimum Gasteiger partial charge on any atom is -0.464 e. The number of hydrogen-bond acceptors (Lipinski definition) is 4. The molecule has 7 heteroatoms. The Bertz CT molecular complexity index is 1170. The Morgan fingerprint density at radius 3 is 2.36 bits per heavy atom. The van der Waals surface area contributed by atoms with Gasteiger partial charge in [0, 0.05) is 20.0 Å². The van der Waals surface area contributed by atoms with E-state index in [-0.39, 0.29) is 42.7 Å². The van der Waals surface area contributed by atoms with Crippen LogP contribution in [0.1, 0.15) is 38.3 Å². The number of carbonyl (C=O) groups is 2. The lowest BCUT2D eigenvalue weighted by Gasteiger charge is -2.27. The van der Waals surface area contributed by atoms with E-state index in [1.165, 1.54) is 35.1 Å². The van der Waals surface area contributed by atoms with Gasteiger partial charge in [-0.2, -0.15) is 0 Å². The molecule has 0 unspecified atom stereocenters. The number of halogens is 1. The van der Waals surface area contributed by atoms with E-state index in [2.05, 4.69) is 13.8 Å². The highest BCUT2D eigenvalue weighted by Gasteiger charge is 2.22. The maximum Gasteiger partial charge on any atom is 0.242 e. The van der Waals surface area contributed by atoms with E-state index in [1.807, 2.05) is 0 Å². The minimum atomic E-state index is -0.372. The SMILES string of the molecule is CC(=O)N(CCC(C)C)CC(=O)N(Cc1ccc(F)cc1)Cc1coc2ccccc2c1=O. The fourth-order valence-electron chi connectivity index (χ4n) is 3.50. The average molecular weight is 453 g/mol. The molecule has 2 aromatic carbocycles. The van der Waals surface area contributed by atoms with Crippen LogP contribution in [0.3, 0.4) is 0 Å². The van der Waals surface area contributed by atoms with Gasteiger partial charge >= 0.3 is 0 Å². The third-order valence-electron chi connectivity index (χ3n) is 5.50. The molecule has 1 heterocycles. The van der Waals surface area contributed by atoms with Crippen LogP contribution in [0.4, 0.5) is 4.39 Å². The molecule has 0 atom stereocenters. The zero-order valence-electron chi connectivity index (χ0n) is 19.2. The molecule has 3 aromatic rings. The van der Waals surface area contributed by atoms with Crippen LogP contribution >= 0.6 is 0 Å². The lowest BCUT2D eigenvalue weighted by Crippen LogP contribution is -2.42. The first-order valence-corrected chi connectivity index (χ1v) is 11.0. The van der Waals surface area contributed by atoms with E-state index in [1.54, 1.807) is 36.4 Å². The van der Waals surface area contributed by atoms with Gasteiger partial charge in [0.1, 0.15) is 11.4 Å². The van der Waals surface area contributed by atoms with Gasteiger partial charge in [-0.25, -0.2) is 4.39 Å². The summed E-state index contributed by atoms with van der Waals surface area (Å²) < 4.78 is 19.0. The molecule has 174 valence electrons. The van der Waals surface area contributed by atoms with Gasteiger partial charge in [0.25, 0.3) is 0 Å². The Hall–Kier alpha value is -3.48. The molecule has 33 heavy (non-hydrogen) atoms. The maximum absolute atomic E-state index is 13.4. The van der Waals surface area contributed by atoms with Crippen LogP contribution in [0.2, 0.25) is 0 Å². The Labute approximate surface area is 192 Å². The highest BCUT2D eigenvalue weighted by atomic mass is 19.1. The summed E-state index contributed by atoms with van der Waals surface area (Å²) in [7, 11) is 0. The molecule has 3 rings (SSSR count). The molecule has 0 fully saturated rings. The summed E-state index contributed by atoms with van der Waals surface area (Å²) in [6.07, 6.45) is 2.15. The molecular formula is C26H29FN2O4. The minimum absolute atomic E-state index is 0.0132. The first-order chi connectivity index (χ1) is 15.7. The number of amides is 2. The van der Waals surface area contributed by atoms with Gasteiger partial charge in [-0.15, -0.1) is 0 Å². The first-order valence-electron chi connectivity index (χ1n) is 11.0. The van der Waals surface area contributed by atoms with Crippen molar-refractivity contribution in [3.05, 3.63) is 82.0 Å². The first kappa shape index (κ1) is 24.2. The van der Waals surface area contributed by atoms with Crippen molar-refractivity contribution in [2.45, 2.75) is 40.3 Å². The predicted molar refractivity (Wildman–Crippen MR) is 125 cm³/mol. The fourth-order valence-corrected chi connectivity index (χ4v) is 3.50. The van der Waals surface area contributed by atoms with Crippen molar-refractivity contribution in [3.8, 4) is 0 Å². The Morgan fingerprint density at radius 2 is 1.70 bits per heavy atom. The van der Waals surface area contributed by atoms with Crippen LogP contribution in [0.5, 0.6) is 0 Å². The molecule has 0 radical (unpaired) electrons. The smallest absolute Gasteiger partial charge is 0.242 e. The van der Waals surface area contributed by atoms with Crippen molar-refractivity contribution in [1.82, 2.24) is 9.80 Å².